The number of hydrogen-bond acceptors (Lipinski definition) is 6. The summed E-state index contributed by atoms with van der Waals surface area (Å²) in [5.74, 6) is 0.999. The van der Waals surface area contributed by atoms with Crippen LogP contribution in [0.15, 0.2) is 36.4 Å². The van der Waals surface area contributed by atoms with E-state index in [0.717, 1.165) is 13.1 Å². The quantitative estimate of drug-likeness (QED) is 0.580. The van der Waals surface area contributed by atoms with Gasteiger partial charge < -0.3 is 24.0 Å². The zero-order valence-corrected chi connectivity index (χ0v) is 21.3. The van der Waals surface area contributed by atoms with Gasteiger partial charge in [0.25, 0.3) is 11.8 Å². The molecule has 2 aliphatic heterocycles. The Kier molecular flexibility index (Phi) is 8.38. The van der Waals surface area contributed by atoms with Gasteiger partial charge >= 0.3 is 0 Å². The molecule has 188 valence electrons. The number of methoxy groups -OCH3 is 2. The van der Waals surface area contributed by atoms with Crippen LogP contribution in [0.1, 0.15) is 20.7 Å². The van der Waals surface area contributed by atoms with Crippen molar-refractivity contribution in [1.29, 1.82) is 0 Å². The monoisotopic (exact) mass is 521 g/mol. The van der Waals surface area contributed by atoms with Crippen LogP contribution in [0.3, 0.4) is 0 Å². The van der Waals surface area contributed by atoms with Crippen molar-refractivity contribution < 1.29 is 23.8 Å². The minimum absolute atomic E-state index is 0.0588. The Labute approximate surface area is 215 Å². The molecule has 0 radical (unpaired) electrons. The summed E-state index contributed by atoms with van der Waals surface area (Å²) >= 11 is 12.1. The van der Waals surface area contributed by atoms with Gasteiger partial charge in [-0.1, -0.05) is 23.2 Å². The number of carbonyl (C=O) groups excluding carboxylic acids is 2. The van der Waals surface area contributed by atoms with E-state index in [2.05, 4.69) is 4.90 Å². The van der Waals surface area contributed by atoms with Crippen molar-refractivity contribution in [1.82, 2.24) is 14.7 Å². The number of carbonyl (C=O) groups is 2. The van der Waals surface area contributed by atoms with Crippen molar-refractivity contribution in [2.75, 3.05) is 66.6 Å². The predicted octanol–water partition coefficient (Wildman–Crippen LogP) is 3.31. The van der Waals surface area contributed by atoms with Gasteiger partial charge in [-0.25, -0.2) is 0 Å². The molecule has 0 N–H and O–H groups in total. The highest BCUT2D eigenvalue weighted by atomic mass is 35.5. The summed E-state index contributed by atoms with van der Waals surface area (Å²) in [5.41, 5.74) is 1.04. The number of nitrogens with zero attached hydrogens (tertiary/aromatic N) is 3. The smallest absolute Gasteiger partial charge is 0.257 e. The minimum atomic E-state index is -0.0978. The lowest BCUT2D eigenvalue weighted by molar-refractivity contribution is -0.0400. The SMILES string of the molecule is COc1ccc(C(=O)N2CCN(C[C@@H]3CN(C(=O)c4ccc(Cl)c(Cl)c4)CCO3)CC2)c(OC)c1. The molecular formula is C25H29Cl2N3O5. The summed E-state index contributed by atoms with van der Waals surface area (Å²) in [6, 6.07) is 10.1. The summed E-state index contributed by atoms with van der Waals surface area (Å²) in [7, 11) is 3.12. The highest BCUT2D eigenvalue weighted by molar-refractivity contribution is 6.42. The van der Waals surface area contributed by atoms with E-state index >= 15 is 0 Å². The van der Waals surface area contributed by atoms with Crippen molar-refractivity contribution >= 4 is 35.0 Å². The second kappa shape index (κ2) is 11.5. The summed E-state index contributed by atoms with van der Waals surface area (Å²) in [5, 5.41) is 0.785. The van der Waals surface area contributed by atoms with Crippen molar-refractivity contribution in [2.24, 2.45) is 0 Å². The summed E-state index contributed by atoms with van der Waals surface area (Å²) in [4.78, 5) is 31.9. The Morgan fingerprint density at radius 3 is 2.37 bits per heavy atom. The second-order valence-corrected chi connectivity index (χ2v) is 9.35. The highest BCUT2D eigenvalue weighted by Crippen LogP contribution is 2.27. The lowest BCUT2D eigenvalue weighted by atomic mass is 10.1. The molecule has 2 aromatic carbocycles. The van der Waals surface area contributed by atoms with Crippen molar-refractivity contribution in [3.05, 3.63) is 57.6 Å². The van der Waals surface area contributed by atoms with E-state index in [4.69, 9.17) is 37.4 Å². The minimum Gasteiger partial charge on any atom is -0.497 e. The third-order valence-corrected chi connectivity index (χ3v) is 7.09. The van der Waals surface area contributed by atoms with Gasteiger partial charge in [-0.3, -0.25) is 14.5 Å². The number of hydrogen-bond donors (Lipinski definition) is 0. The number of benzene rings is 2. The van der Waals surface area contributed by atoms with Crippen LogP contribution in [0.4, 0.5) is 0 Å². The van der Waals surface area contributed by atoms with E-state index in [1.54, 1.807) is 55.5 Å². The molecule has 0 bridgehead atoms. The Hall–Kier alpha value is -2.52. The number of rotatable bonds is 6. The Bertz CT molecular complexity index is 1080. The van der Waals surface area contributed by atoms with Gasteiger partial charge in [-0.2, -0.15) is 0 Å². The molecule has 0 aromatic heterocycles. The van der Waals surface area contributed by atoms with Gasteiger partial charge in [0.15, 0.2) is 0 Å². The van der Waals surface area contributed by atoms with Gasteiger partial charge in [0.1, 0.15) is 11.5 Å². The molecule has 2 aliphatic rings. The predicted molar refractivity (Wildman–Crippen MR) is 134 cm³/mol. The first-order valence-corrected chi connectivity index (χ1v) is 12.2. The molecule has 2 amide bonds. The third-order valence-electron chi connectivity index (χ3n) is 6.35. The first-order chi connectivity index (χ1) is 16.9. The molecule has 35 heavy (non-hydrogen) atoms. The van der Waals surface area contributed by atoms with Crippen LogP contribution >= 0.6 is 23.2 Å². The molecule has 2 saturated heterocycles. The largest absolute Gasteiger partial charge is 0.497 e. The van der Waals surface area contributed by atoms with Crippen LogP contribution in [0.2, 0.25) is 10.0 Å². The second-order valence-electron chi connectivity index (χ2n) is 8.53. The lowest BCUT2D eigenvalue weighted by Gasteiger charge is -2.39. The standard InChI is InChI=1S/C25H29Cl2N3O5/c1-33-18-4-5-20(23(14-18)34-2)25(32)29-9-7-28(8-10-29)15-19-16-30(11-12-35-19)24(31)17-3-6-21(26)22(27)13-17/h3-6,13-14,19H,7-12,15-16H2,1-2H3/t19-/m1/s1. The fourth-order valence-electron chi connectivity index (χ4n) is 4.39. The molecule has 0 aliphatic carbocycles. The van der Waals surface area contributed by atoms with Crippen LogP contribution in [-0.2, 0) is 4.74 Å². The zero-order valence-electron chi connectivity index (χ0n) is 19.8. The van der Waals surface area contributed by atoms with Gasteiger partial charge in [-0.15, -0.1) is 0 Å². The maximum atomic E-state index is 13.1. The average molecular weight is 522 g/mol. The molecule has 2 heterocycles. The van der Waals surface area contributed by atoms with E-state index < -0.39 is 0 Å². The number of halogens is 2. The van der Waals surface area contributed by atoms with Crippen LogP contribution in [0.5, 0.6) is 11.5 Å². The van der Waals surface area contributed by atoms with Crippen LogP contribution in [0.25, 0.3) is 0 Å². The molecule has 0 saturated carbocycles. The van der Waals surface area contributed by atoms with E-state index in [0.29, 0.717) is 72.0 Å². The summed E-state index contributed by atoms with van der Waals surface area (Å²) < 4.78 is 16.6. The molecule has 8 nitrogen and oxygen atoms in total. The van der Waals surface area contributed by atoms with E-state index in [1.165, 1.54) is 0 Å². The molecular weight excluding hydrogens is 493 g/mol. The molecule has 4 rings (SSSR count). The van der Waals surface area contributed by atoms with E-state index in [-0.39, 0.29) is 17.9 Å². The zero-order chi connectivity index (χ0) is 24.9. The fourth-order valence-corrected chi connectivity index (χ4v) is 4.69. The number of morpholine rings is 1. The van der Waals surface area contributed by atoms with Gasteiger partial charge in [0, 0.05) is 57.4 Å². The number of piperazine rings is 1. The average Bonchev–Trinajstić information content (AvgIpc) is 2.89. The molecule has 0 unspecified atom stereocenters. The van der Waals surface area contributed by atoms with Gasteiger partial charge in [-0.05, 0) is 30.3 Å². The van der Waals surface area contributed by atoms with Crippen molar-refractivity contribution in [2.45, 2.75) is 6.10 Å². The molecule has 2 fully saturated rings. The van der Waals surface area contributed by atoms with Crippen molar-refractivity contribution in [3.8, 4) is 11.5 Å². The van der Waals surface area contributed by atoms with Crippen molar-refractivity contribution in [3.63, 3.8) is 0 Å². The molecule has 1 atom stereocenters. The summed E-state index contributed by atoms with van der Waals surface area (Å²) in [6.07, 6.45) is -0.0978. The lowest BCUT2D eigenvalue weighted by Crippen LogP contribution is -2.54. The number of amides is 2. The normalized spacial score (nSPS) is 18.9. The maximum Gasteiger partial charge on any atom is 0.257 e. The molecule has 10 heteroatoms. The topological polar surface area (TPSA) is 71.6 Å². The summed E-state index contributed by atoms with van der Waals surface area (Å²) in [6.45, 7) is 4.87. The van der Waals surface area contributed by atoms with Gasteiger partial charge in [0.05, 0.1) is 42.5 Å². The first-order valence-electron chi connectivity index (χ1n) is 11.5. The Balaban J connectivity index is 1.30. The Morgan fingerprint density at radius 1 is 0.914 bits per heavy atom. The Morgan fingerprint density at radius 2 is 1.69 bits per heavy atom. The first kappa shape index (κ1) is 25.6. The van der Waals surface area contributed by atoms with Crippen LogP contribution < -0.4 is 9.47 Å². The fraction of sp³-hybridized carbons (Fsp3) is 0.440. The maximum absolute atomic E-state index is 13.1. The number of ether oxygens (including phenoxy) is 3. The highest BCUT2D eigenvalue weighted by Gasteiger charge is 2.29. The van der Waals surface area contributed by atoms with Crippen LogP contribution in [0, 0.1) is 0 Å². The molecule has 2 aromatic rings. The van der Waals surface area contributed by atoms with E-state index in [1.807, 2.05) is 4.90 Å². The van der Waals surface area contributed by atoms with E-state index in [9.17, 15) is 9.59 Å². The van der Waals surface area contributed by atoms with Crippen LogP contribution in [-0.4, -0.2) is 99.3 Å². The van der Waals surface area contributed by atoms with Gasteiger partial charge in [0.2, 0.25) is 0 Å². The third kappa shape index (κ3) is 6.01. The molecule has 0 spiro atoms.